The number of halogens is 1. The molecular weight excluding hydrogens is 378 g/mol. The highest BCUT2D eigenvalue weighted by molar-refractivity contribution is 6.31. The van der Waals surface area contributed by atoms with Crippen LogP contribution in [-0.2, 0) is 17.9 Å². The first-order valence-corrected chi connectivity index (χ1v) is 9.64. The number of fused-ring (bicyclic) bond motifs is 1. The molecule has 2 aliphatic rings. The van der Waals surface area contributed by atoms with Gasteiger partial charge in [0.1, 0.15) is 5.75 Å². The fourth-order valence-corrected chi connectivity index (χ4v) is 3.89. The average Bonchev–Trinajstić information content (AvgIpc) is 3.24. The van der Waals surface area contributed by atoms with Crippen molar-refractivity contribution in [3.05, 3.63) is 58.1 Å². The number of ether oxygens (including phenoxy) is 1. The number of urea groups is 1. The molecule has 4 rings (SSSR count). The van der Waals surface area contributed by atoms with E-state index in [9.17, 15) is 9.59 Å². The van der Waals surface area contributed by atoms with Crippen molar-refractivity contribution in [2.45, 2.75) is 32.5 Å². The van der Waals surface area contributed by atoms with Gasteiger partial charge in [0.2, 0.25) is 0 Å². The second-order valence-corrected chi connectivity index (χ2v) is 7.70. The molecule has 1 atom stereocenters. The lowest BCUT2D eigenvalue weighted by Gasteiger charge is -2.18. The molecular formula is C21H22ClN3O3. The molecule has 146 valence electrons. The number of amides is 3. The fraction of sp³-hybridized carbons (Fsp3) is 0.333. The zero-order valence-electron chi connectivity index (χ0n) is 15.9. The molecule has 1 unspecified atom stereocenters. The Hall–Kier alpha value is -2.73. The number of hydrogen-bond donors (Lipinski definition) is 1. The monoisotopic (exact) mass is 399 g/mol. The van der Waals surface area contributed by atoms with Gasteiger partial charge in [-0.15, -0.1) is 0 Å². The van der Waals surface area contributed by atoms with Crippen molar-refractivity contribution in [3.8, 4) is 5.75 Å². The van der Waals surface area contributed by atoms with Crippen molar-refractivity contribution in [2.75, 3.05) is 18.9 Å². The molecule has 28 heavy (non-hydrogen) atoms. The lowest BCUT2D eigenvalue weighted by atomic mass is 10.1. The van der Waals surface area contributed by atoms with E-state index in [1.54, 1.807) is 22.9 Å². The van der Waals surface area contributed by atoms with Crippen molar-refractivity contribution in [2.24, 2.45) is 0 Å². The van der Waals surface area contributed by atoms with Gasteiger partial charge in [0, 0.05) is 43.8 Å². The lowest BCUT2D eigenvalue weighted by molar-refractivity contribution is -0.132. The molecule has 1 fully saturated rings. The number of rotatable bonds is 3. The minimum absolute atomic E-state index is 0.00212. The van der Waals surface area contributed by atoms with Gasteiger partial charge in [-0.2, -0.15) is 0 Å². The number of nitrogens with zero attached hydrogens (tertiary/aromatic N) is 2. The first-order valence-electron chi connectivity index (χ1n) is 9.27. The van der Waals surface area contributed by atoms with Gasteiger partial charge in [0.25, 0.3) is 5.91 Å². The van der Waals surface area contributed by atoms with Crippen molar-refractivity contribution >= 4 is 29.2 Å². The van der Waals surface area contributed by atoms with Crippen LogP contribution in [0, 0.1) is 6.92 Å². The Morgan fingerprint density at radius 1 is 1.25 bits per heavy atom. The molecule has 2 aromatic carbocycles. The Morgan fingerprint density at radius 3 is 2.75 bits per heavy atom. The molecule has 7 heteroatoms. The quantitative estimate of drug-likeness (QED) is 0.853. The Balaban J connectivity index is 1.41. The maximum atomic E-state index is 12.7. The summed E-state index contributed by atoms with van der Waals surface area (Å²) in [5.41, 5.74) is 3.67. The van der Waals surface area contributed by atoms with Crippen LogP contribution in [0.4, 0.5) is 10.5 Å². The molecule has 6 nitrogen and oxygen atoms in total. The largest absolute Gasteiger partial charge is 0.481 e. The van der Waals surface area contributed by atoms with Gasteiger partial charge in [0.15, 0.2) is 6.10 Å². The third kappa shape index (κ3) is 3.52. The molecule has 0 aliphatic carbocycles. The molecule has 1 saturated heterocycles. The summed E-state index contributed by atoms with van der Waals surface area (Å²) in [4.78, 5) is 28.1. The number of nitrogens with one attached hydrogen (secondary N) is 1. The molecule has 0 spiro atoms. The Morgan fingerprint density at radius 2 is 2.07 bits per heavy atom. The van der Waals surface area contributed by atoms with Gasteiger partial charge in [-0.1, -0.05) is 23.7 Å². The second-order valence-electron chi connectivity index (χ2n) is 7.30. The van der Waals surface area contributed by atoms with Crippen LogP contribution in [0.1, 0.15) is 23.1 Å². The second kappa shape index (κ2) is 7.36. The average molecular weight is 400 g/mol. The predicted octanol–water partition coefficient (Wildman–Crippen LogP) is 3.81. The molecule has 1 N–H and O–H groups in total. The summed E-state index contributed by atoms with van der Waals surface area (Å²) in [5.74, 6) is 0.631. The van der Waals surface area contributed by atoms with E-state index in [2.05, 4.69) is 5.32 Å². The number of aryl methyl sites for hydroxylation is 1. The summed E-state index contributed by atoms with van der Waals surface area (Å²) in [6.45, 7) is 3.65. The molecule has 2 aliphatic heterocycles. The summed E-state index contributed by atoms with van der Waals surface area (Å²) < 4.78 is 5.83. The highest BCUT2D eigenvalue weighted by Gasteiger charge is 2.31. The summed E-state index contributed by atoms with van der Waals surface area (Å²) in [6.07, 6.45) is 0.253. The normalized spacial score (nSPS) is 18.4. The van der Waals surface area contributed by atoms with Crippen LogP contribution in [0.25, 0.3) is 0 Å². The molecule has 3 amide bonds. The van der Waals surface area contributed by atoms with Gasteiger partial charge < -0.3 is 19.9 Å². The van der Waals surface area contributed by atoms with Crippen molar-refractivity contribution in [1.82, 2.24) is 9.80 Å². The van der Waals surface area contributed by atoms with E-state index in [-0.39, 0.29) is 11.9 Å². The molecule has 2 heterocycles. The van der Waals surface area contributed by atoms with Crippen molar-refractivity contribution in [1.29, 1.82) is 0 Å². The van der Waals surface area contributed by atoms with Crippen LogP contribution in [-0.4, -0.2) is 41.4 Å². The first-order chi connectivity index (χ1) is 13.4. The van der Waals surface area contributed by atoms with E-state index in [4.69, 9.17) is 16.3 Å². The van der Waals surface area contributed by atoms with Crippen LogP contribution in [0.15, 0.2) is 36.4 Å². The third-order valence-electron chi connectivity index (χ3n) is 5.31. The SMILES string of the molecule is Cc1cc(OC2CCN(C)C2=O)ccc1NC(=O)N1Cc2cccc(Cl)c2C1. The zero-order chi connectivity index (χ0) is 19.8. The van der Waals surface area contributed by atoms with Crippen LogP contribution in [0.5, 0.6) is 5.75 Å². The molecule has 0 aromatic heterocycles. The zero-order valence-corrected chi connectivity index (χ0v) is 16.6. The Bertz CT molecular complexity index is 946. The Labute approximate surface area is 169 Å². The van der Waals surface area contributed by atoms with E-state index in [0.29, 0.717) is 42.5 Å². The Kier molecular flexibility index (Phi) is 4.89. The van der Waals surface area contributed by atoms with Gasteiger partial charge in [-0.25, -0.2) is 4.79 Å². The smallest absolute Gasteiger partial charge is 0.322 e. The number of benzene rings is 2. The minimum atomic E-state index is -0.433. The molecule has 0 saturated carbocycles. The summed E-state index contributed by atoms with van der Waals surface area (Å²) in [7, 11) is 1.78. The topological polar surface area (TPSA) is 61.9 Å². The van der Waals surface area contributed by atoms with Crippen molar-refractivity contribution < 1.29 is 14.3 Å². The number of carbonyl (C=O) groups is 2. The van der Waals surface area contributed by atoms with Crippen LogP contribution in [0.2, 0.25) is 5.02 Å². The van der Waals surface area contributed by atoms with E-state index in [1.807, 2.05) is 37.3 Å². The lowest BCUT2D eigenvalue weighted by Crippen LogP contribution is -2.30. The number of hydrogen-bond acceptors (Lipinski definition) is 3. The van der Waals surface area contributed by atoms with Crippen LogP contribution < -0.4 is 10.1 Å². The maximum Gasteiger partial charge on any atom is 0.322 e. The summed E-state index contributed by atoms with van der Waals surface area (Å²) in [5, 5.41) is 3.65. The van der Waals surface area contributed by atoms with E-state index in [0.717, 1.165) is 16.7 Å². The number of likely N-dealkylation sites (tertiary alicyclic amines) is 1. The maximum absolute atomic E-state index is 12.7. The van der Waals surface area contributed by atoms with Gasteiger partial charge in [-0.3, -0.25) is 4.79 Å². The number of anilines is 1. The van der Waals surface area contributed by atoms with E-state index >= 15 is 0 Å². The first kappa shape index (κ1) is 18.6. The van der Waals surface area contributed by atoms with Crippen LogP contribution in [0.3, 0.4) is 0 Å². The molecule has 0 radical (unpaired) electrons. The summed E-state index contributed by atoms with van der Waals surface area (Å²) >= 11 is 6.23. The molecule has 2 aromatic rings. The minimum Gasteiger partial charge on any atom is -0.481 e. The van der Waals surface area contributed by atoms with E-state index in [1.165, 1.54) is 0 Å². The molecule has 0 bridgehead atoms. The highest BCUT2D eigenvalue weighted by Crippen LogP contribution is 2.30. The predicted molar refractivity (Wildman–Crippen MR) is 108 cm³/mol. The van der Waals surface area contributed by atoms with E-state index < -0.39 is 6.10 Å². The highest BCUT2D eigenvalue weighted by atomic mass is 35.5. The third-order valence-corrected chi connectivity index (χ3v) is 5.66. The van der Waals surface area contributed by atoms with Crippen molar-refractivity contribution in [3.63, 3.8) is 0 Å². The number of carbonyl (C=O) groups excluding carboxylic acids is 2. The standard InChI is InChI=1S/C21H22ClN3O3/c1-13-10-15(28-19-8-9-24(2)20(19)26)6-7-18(13)23-21(27)25-11-14-4-3-5-17(22)16(14)12-25/h3-7,10,19H,8-9,11-12H2,1-2H3,(H,23,27). The van der Waals surface area contributed by atoms with Gasteiger partial charge in [0.05, 0.1) is 0 Å². The summed E-state index contributed by atoms with van der Waals surface area (Å²) in [6, 6.07) is 11.0. The number of likely N-dealkylation sites (N-methyl/N-ethyl adjacent to an activating group) is 1. The fourth-order valence-electron chi connectivity index (χ4n) is 3.63. The van der Waals surface area contributed by atoms with Crippen LogP contribution >= 0.6 is 11.6 Å². The van der Waals surface area contributed by atoms with Gasteiger partial charge in [-0.05, 0) is 47.9 Å². The van der Waals surface area contributed by atoms with Gasteiger partial charge >= 0.3 is 6.03 Å².